The highest BCUT2D eigenvalue weighted by atomic mass is 35.6. The van der Waals surface area contributed by atoms with Gasteiger partial charge in [0.2, 0.25) is 0 Å². The molecule has 0 aliphatic heterocycles. The molecule has 1 N–H and O–H groups in total. The van der Waals surface area contributed by atoms with Gasteiger partial charge in [-0.2, -0.15) is 11.1 Å². The minimum absolute atomic E-state index is 0.381. The van der Waals surface area contributed by atoms with Crippen LogP contribution in [0, 0.1) is 0 Å². The minimum Gasteiger partial charge on any atom is -0.478 e. The number of hydrogen-bond donors (Lipinski definition) is 1. The number of carbonyl (C=O) groups is 1. The van der Waals surface area contributed by atoms with Crippen molar-refractivity contribution in [3.8, 4) is 0 Å². The quantitative estimate of drug-likeness (QED) is 0.424. The van der Waals surface area contributed by atoms with E-state index in [2.05, 4.69) is 0 Å². The number of rotatable bonds is 3. The molecule has 0 saturated carbocycles. The summed E-state index contributed by atoms with van der Waals surface area (Å²) in [6, 6.07) is 0.715. The molecule has 0 fully saturated rings. The summed E-state index contributed by atoms with van der Waals surface area (Å²) >= 11 is 5.98. The molecule has 0 saturated heterocycles. The summed E-state index contributed by atoms with van der Waals surface area (Å²) in [5.41, 5.74) is 0.381. The molecule has 0 spiro atoms. The Morgan fingerprint density at radius 1 is 1.64 bits per heavy atom. The van der Waals surface area contributed by atoms with Crippen LogP contribution in [0.4, 0.5) is 0 Å². The number of allylic oxidation sites excluding steroid dienone is 1. The van der Waals surface area contributed by atoms with E-state index in [1.165, 1.54) is 0 Å². The predicted octanol–water partition coefficient (Wildman–Crippen LogP) is 2.46. The van der Waals surface area contributed by atoms with E-state index < -0.39 is 13.4 Å². The Kier molecular flexibility index (Phi) is 3.82. The molecule has 0 bridgehead atoms. The SMILES string of the molecule is CC(=CC[Si](C)(C)Cl)C(=O)O. The van der Waals surface area contributed by atoms with Crippen LogP contribution in [0.1, 0.15) is 6.92 Å². The number of carboxylic acids is 1. The van der Waals surface area contributed by atoms with E-state index in [1.54, 1.807) is 13.0 Å². The van der Waals surface area contributed by atoms with Crippen LogP contribution in [-0.2, 0) is 4.79 Å². The van der Waals surface area contributed by atoms with Gasteiger partial charge in [-0.25, -0.2) is 4.79 Å². The standard InChI is InChI=1S/C7H13ClO2Si/c1-6(7(9)10)4-5-11(2,3)8/h4H,5H2,1-3H3,(H,9,10). The summed E-state index contributed by atoms with van der Waals surface area (Å²) < 4.78 is 0. The first-order chi connectivity index (χ1) is 4.83. The molecule has 64 valence electrons. The van der Waals surface area contributed by atoms with Gasteiger partial charge in [0.1, 0.15) is 0 Å². The number of halogens is 1. The van der Waals surface area contributed by atoms with Crippen LogP contribution >= 0.6 is 11.1 Å². The Hall–Kier alpha value is -0.283. The zero-order valence-electron chi connectivity index (χ0n) is 7.02. The van der Waals surface area contributed by atoms with Crippen molar-refractivity contribution in [1.29, 1.82) is 0 Å². The molecule has 0 aliphatic carbocycles. The van der Waals surface area contributed by atoms with Crippen molar-refractivity contribution in [3.63, 3.8) is 0 Å². The first-order valence-corrected chi connectivity index (χ1v) is 7.64. The van der Waals surface area contributed by atoms with E-state index in [1.807, 2.05) is 13.1 Å². The smallest absolute Gasteiger partial charge is 0.330 e. The van der Waals surface area contributed by atoms with Crippen molar-refractivity contribution < 1.29 is 9.90 Å². The van der Waals surface area contributed by atoms with E-state index in [4.69, 9.17) is 16.2 Å². The molecule has 0 aliphatic rings. The third kappa shape index (κ3) is 6.13. The van der Waals surface area contributed by atoms with Crippen LogP contribution in [0.25, 0.3) is 0 Å². The Labute approximate surface area is 72.6 Å². The van der Waals surface area contributed by atoms with Crippen molar-refractivity contribution in [2.45, 2.75) is 26.1 Å². The molecule has 0 aromatic heterocycles. The van der Waals surface area contributed by atoms with Crippen LogP contribution in [0.5, 0.6) is 0 Å². The molecule has 0 aromatic carbocycles. The molecule has 2 nitrogen and oxygen atoms in total. The summed E-state index contributed by atoms with van der Waals surface area (Å²) in [6.45, 7) is 5.56. The maximum Gasteiger partial charge on any atom is 0.330 e. The normalized spacial score (nSPS) is 13.3. The largest absolute Gasteiger partial charge is 0.478 e. The van der Waals surface area contributed by atoms with Gasteiger partial charge in [0.05, 0.1) is 0 Å². The first-order valence-electron chi connectivity index (χ1n) is 3.42. The number of hydrogen-bond acceptors (Lipinski definition) is 1. The van der Waals surface area contributed by atoms with Gasteiger partial charge < -0.3 is 5.11 Å². The number of carboxylic acid groups (broad SMARTS) is 1. The highest BCUT2D eigenvalue weighted by molar-refractivity contribution is 7.19. The van der Waals surface area contributed by atoms with E-state index in [0.29, 0.717) is 11.6 Å². The van der Waals surface area contributed by atoms with Crippen LogP contribution in [0.15, 0.2) is 11.6 Å². The van der Waals surface area contributed by atoms with Gasteiger partial charge in [-0.15, -0.1) is 0 Å². The minimum atomic E-state index is -1.63. The highest BCUT2D eigenvalue weighted by Crippen LogP contribution is 2.15. The predicted molar refractivity (Wildman–Crippen MR) is 49.5 cm³/mol. The second-order valence-electron chi connectivity index (χ2n) is 3.12. The maximum atomic E-state index is 10.3. The molecule has 0 radical (unpaired) electrons. The van der Waals surface area contributed by atoms with Crippen LogP contribution in [0.2, 0.25) is 19.1 Å². The molecular weight excluding hydrogens is 180 g/mol. The third-order valence-corrected chi connectivity index (χ3v) is 2.87. The van der Waals surface area contributed by atoms with Gasteiger partial charge in [-0.3, -0.25) is 0 Å². The Morgan fingerprint density at radius 2 is 2.09 bits per heavy atom. The van der Waals surface area contributed by atoms with Gasteiger partial charge in [-0.05, 0) is 13.0 Å². The van der Waals surface area contributed by atoms with Crippen molar-refractivity contribution >= 4 is 24.4 Å². The molecule has 0 atom stereocenters. The molecule has 0 heterocycles. The zero-order valence-corrected chi connectivity index (χ0v) is 8.77. The molecule has 0 rings (SSSR count). The summed E-state index contributed by atoms with van der Waals surface area (Å²) in [6.07, 6.45) is 1.70. The Bertz CT molecular complexity index is 181. The van der Waals surface area contributed by atoms with E-state index in [0.717, 1.165) is 0 Å². The monoisotopic (exact) mass is 192 g/mol. The maximum absolute atomic E-state index is 10.3. The van der Waals surface area contributed by atoms with E-state index >= 15 is 0 Å². The summed E-state index contributed by atoms with van der Waals surface area (Å²) in [7, 11) is -1.63. The molecular formula is C7H13ClO2Si. The Balaban J connectivity index is 4.04. The second-order valence-corrected chi connectivity index (χ2v) is 10.0. The zero-order chi connectivity index (χ0) is 9.07. The lowest BCUT2D eigenvalue weighted by molar-refractivity contribution is -0.132. The lowest BCUT2D eigenvalue weighted by Gasteiger charge is -2.08. The Morgan fingerprint density at radius 3 is 2.36 bits per heavy atom. The number of aliphatic carboxylic acids is 1. The van der Waals surface area contributed by atoms with Gasteiger partial charge in [0, 0.05) is 5.57 Å². The summed E-state index contributed by atoms with van der Waals surface area (Å²) in [4.78, 5) is 10.3. The first kappa shape index (κ1) is 10.7. The van der Waals surface area contributed by atoms with Crippen LogP contribution in [0.3, 0.4) is 0 Å². The highest BCUT2D eigenvalue weighted by Gasteiger charge is 2.15. The van der Waals surface area contributed by atoms with Gasteiger partial charge in [-0.1, -0.05) is 19.2 Å². The van der Waals surface area contributed by atoms with Crippen molar-refractivity contribution in [2.24, 2.45) is 0 Å². The van der Waals surface area contributed by atoms with Crippen LogP contribution < -0.4 is 0 Å². The fourth-order valence-corrected chi connectivity index (χ4v) is 1.51. The van der Waals surface area contributed by atoms with Crippen molar-refractivity contribution in [1.82, 2.24) is 0 Å². The van der Waals surface area contributed by atoms with E-state index in [9.17, 15) is 4.79 Å². The molecule has 0 unspecified atom stereocenters. The van der Waals surface area contributed by atoms with Crippen molar-refractivity contribution in [3.05, 3.63) is 11.6 Å². The topological polar surface area (TPSA) is 37.3 Å². The third-order valence-electron chi connectivity index (χ3n) is 1.23. The fourth-order valence-electron chi connectivity index (χ4n) is 0.483. The lowest BCUT2D eigenvalue weighted by atomic mass is 10.3. The molecule has 11 heavy (non-hydrogen) atoms. The van der Waals surface area contributed by atoms with Crippen molar-refractivity contribution in [2.75, 3.05) is 0 Å². The van der Waals surface area contributed by atoms with Gasteiger partial charge in [0.15, 0.2) is 7.38 Å². The average molecular weight is 193 g/mol. The average Bonchev–Trinajstić information content (AvgIpc) is 1.80. The van der Waals surface area contributed by atoms with Crippen LogP contribution in [-0.4, -0.2) is 18.5 Å². The van der Waals surface area contributed by atoms with Gasteiger partial charge in [0.25, 0.3) is 0 Å². The molecule has 4 heteroatoms. The fraction of sp³-hybridized carbons (Fsp3) is 0.571. The molecule has 0 aromatic rings. The lowest BCUT2D eigenvalue weighted by Crippen LogP contribution is -2.14. The summed E-state index contributed by atoms with van der Waals surface area (Å²) in [5.74, 6) is -0.861. The summed E-state index contributed by atoms with van der Waals surface area (Å²) in [5, 5.41) is 8.48. The molecule has 0 amide bonds. The second kappa shape index (κ2) is 3.92. The van der Waals surface area contributed by atoms with E-state index in [-0.39, 0.29) is 0 Å². The van der Waals surface area contributed by atoms with Gasteiger partial charge >= 0.3 is 5.97 Å².